The third-order valence-corrected chi connectivity index (χ3v) is 4.97. The molecule has 1 saturated heterocycles. The van der Waals surface area contributed by atoms with Crippen LogP contribution in [0, 0.1) is 5.82 Å². The second kappa shape index (κ2) is 6.42. The van der Waals surface area contributed by atoms with Gasteiger partial charge in [0.25, 0.3) is 0 Å². The number of hydrogen-bond donors (Lipinski definition) is 0. The molecule has 0 spiro atoms. The van der Waals surface area contributed by atoms with Crippen molar-refractivity contribution in [1.82, 2.24) is 34.8 Å². The zero-order valence-electron chi connectivity index (χ0n) is 14.5. The fraction of sp³-hybridized carbons (Fsp3) is 0.278. The van der Waals surface area contributed by atoms with Crippen LogP contribution in [0.4, 0.5) is 10.2 Å². The van der Waals surface area contributed by atoms with Gasteiger partial charge in [-0.1, -0.05) is 17.3 Å². The molecule has 1 aliphatic rings. The summed E-state index contributed by atoms with van der Waals surface area (Å²) in [4.78, 5) is 2.22. The number of piperidine rings is 1. The normalized spacial score (nSPS) is 15.5. The number of halogens is 1. The SMILES string of the molecule is Fc1ccccc1-c1nnc2ccc(N3CCC(n4ccnn4)CC3)nn12. The molecular weight excluding hydrogens is 347 g/mol. The molecule has 0 bridgehead atoms. The summed E-state index contributed by atoms with van der Waals surface area (Å²) in [6.07, 6.45) is 5.54. The van der Waals surface area contributed by atoms with Gasteiger partial charge in [0.15, 0.2) is 11.5 Å². The van der Waals surface area contributed by atoms with Crippen LogP contribution in [-0.2, 0) is 0 Å². The maximum absolute atomic E-state index is 14.2. The predicted octanol–water partition coefficient (Wildman–Crippen LogP) is 2.36. The van der Waals surface area contributed by atoms with Crippen molar-refractivity contribution < 1.29 is 4.39 Å². The molecule has 0 amide bonds. The summed E-state index contributed by atoms with van der Waals surface area (Å²) in [5, 5.41) is 20.9. The quantitative estimate of drug-likeness (QED) is 0.555. The Balaban J connectivity index is 1.43. The van der Waals surface area contributed by atoms with Gasteiger partial charge in [-0.15, -0.1) is 20.4 Å². The number of hydrogen-bond acceptors (Lipinski definition) is 6. The van der Waals surface area contributed by atoms with Gasteiger partial charge in [-0.2, -0.15) is 4.52 Å². The lowest BCUT2D eigenvalue weighted by Crippen LogP contribution is -2.35. The van der Waals surface area contributed by atoms with Crippen LogP contribution < -0.4 is 4.90 Å². The summed E-state index contributed by atoms with van der Waals surface area (Å²) in [6.45, 7) is 1.72. The first-order valence-corrected chi connectivity index (χ1v) is 8.88. The van der Waals surface area contributed by atoms with Crippen molar-refractivity contribution in [3.05, 3.63) is 54.6 Å². The lowest BCUT2D eigenvalue weighted by molar-refractivity contribution is 0.359. The molecule has 8 nitrogen and oxygen atoms in total. The zero-order chi connectivity index (χ0) is 18.2. The topological polar surface area (TPSA) is 77.0 Å². The Bertz CT molecular complexity index is 1070. The summed E-state index contributed by atoms with van der Waals surface area (Å²) in [6, 6.07) is 10.7. The lowest BCUT2D eigenvalue weighted by Gasteiger charge is -2.32. The summed E-state index contributed by atoms with van der Waals surface area (Å²) in [5.74, 6) is 0.895. The van der Waals surface area contributed by atoms with Gasteiger partial charge in [-0.3, -0.25) is 0 Å². The number of rotatable bonds is 3. The number of anilines is 1. The number of benzene rings is 1. The van der Waals surface area contributed by atoms with Crippen LogP contribution in [0.5, 0.6) is 0 Å². The molecule has 1 aromatic carbocycles. The van der Waals surface area contributed by atoms with Crippen molar-refractivity contribution >= 4 is 11.5 Å². The Morgan fingerprint density at radius 1 is 1.00 bits per heavy atom. The molecule has 0 atom stereocenters. The summed E-state index contributed by atoms with van der Waals surface area (Å²) >= 11 is 0. The van der Waals surface area contributed by atoms with Crippen LogP contribution in [0.15, 0.2) is 48.8 Å². The largest absolute Gasteiger partial charge is 0.355 e. The fourth-order valence-electron chi connectivity index (χ4n) is 3.53. The van der Waals surface area contributed by atoms with Crippen LogP contribution >= 0.6 is 0 Å². The van der Waals surface area contributed by atoms with Gasteiger partial charge >= 0.3 is 0 Å². The molecule has 0 N–H and O–H groups in total. The van der Waals surface area contributed by atoms with Crippen LogP contribution in [0.2, 0.25) is 0 Å². The second-order valence-corrected chi connectivity index (χ2v) is 6.57. The summed E-state index contributed by atoms with van der Waals surface area (Å²) in [5.41, 5.74) is 0.981. The highest BCUT2D eigenvalue weighted by atomic mass is 19.1. The van der Waals surface area contributed by atoms with E-state index in [2.05, 4.69) is 30.5 Å². The van der Waals surface area contributed by atoms with Crippen molar-refractivity contribution in [3.8, 4) is 11.4 Å². The Morgan fingerprint density at radius 2 is 1.85 bits per heavy atom. The monoisotopic (exact) mass is 364 g/mol. The van der Waals surface area contributed by atoms with E-state index in [1.54, 1.807) is 28.9 Å². The van der Waals surface area contributed by atoms with Gasteiger partial charge in [0.1, 0.15) is 11.6 Å². The number of fused-ring (bicyclic) bond motifs is 1. The van der Waals surface area contributed by atoms with E-state index in [4.69, 9.17) is 0 Å². The van der Waals surface area contributed by atoms with E-state index >= 15 is 0 Å². The lowest BCUT2D eigenvalue weighted by atomic mass is 10.1. The molecule has 27 heavy (non-hydrogen) atoms. The van der Waals surface area contributed by atoms with E-state index in [9.17, 15) is 4.39 Å². The third-order valence-electron chi connectivity index (χ3n) is 4.97. The minimum atomic E-state index is -0.340. The molecule has 0 unspecified atom stereocenters. The summed E-state index contributed by atoms with van der Waals surface area (Å²) in [7, 11) is 0. The Morgan fingerprint density at radius 3 is 2.63 bits per heavy atom. The predicted molar refractivity (Wildman–Crippen MR) is 96.7 cm³/mol. The van der Waals surface area contributed by atoms with Crippen molar-refractivity contribution in [2.75, 3.05) is 18.0 Å². The average Bonchev–Trinajstić information content (AvgIpc) is 3.38. The first-order chi connectivity index (χ1) is 13.3. The van der Waals surface area contributed by atoms with E-state index in [0.29, 0.717) is 23.1 Å². The molecule has 4 heterocycles. The highest BCUT2D eigenvalue weighted by Crippen LogP contribution is 2.26. The van der Waals surface area contributed by atoms with Crippen molar-refractivity contribution in [3.63, 3.8) is 0 Å². The molecular formula is C18H17FN8. The first kappa shape index (κ1) is 15.9. The Kier molecular flexibility index (Phi) is 3.77. The molecule has 4 aromatic rings. The summed E-state index contributed by atoms with van der Waals surface area (Å²) < 4.78 is 17.7. The molecule has 9 heteroatoms. The van der Waals surface area contributed by atoms with Gasteiger partial charge in [0.05, 0.1) is 17.8 Å². The first-order valence-electron chi connectivity index (χ1n) is 8.88. The zero-order valence-corrected chi connectivity index (χ0v) is 14.5. The third kappa shape index (κ3) is 2.80. The van der Waals surface area contributed by atoms with Crippen LogP contribution in [-0.4, -0.2) is 47.9 Å². The number of aromatic nitrogens is 7. The molecule has 0 saturated carbocycles. The van der Waals surface area contributed by atoms with Gasteiger partial charge in [0.2, 0.25) is 0 Å². The molecule has 1 fully saturated rings. The molecule has 0 radical (unpaired) electrons. The minimum absolute atomic E-state index is 0.340. The molecule has 0 aliphatic carbocycles. The van der Waals surface area contributed by atoms with E-state index in [-0.39, 0.29) is 5.82 Å². The second-order valence-electron chi connectivity index (χ2n) is 6.57. The van der Waals surface area contributed by atoms with Crippen molar-refractivity contribution in [1.29, 1.82) is 0 Å². The molecule has 1 aliphatic heterocycles. The minimum Gasteiger partial charge on any atom is -0.355 e. The van der Waals surface area contributed by atoms with E-state index in [1.165, 1.54) is 6.07 Å². The highest BCUT2D eigenvalue weighted by Gasteiger charge is 2.23. The Hall–Kier alpha value is -3.36. The van der Waals surface area contributed by atoms with Crippen molar-refractivity contribution in [2.24, 2.45) is 0 Å². The van der Waals surface area contributed by atoms with E-state index in [1.807, 2.05) is 23.0 Å². The molecule has 136 valence electrons. The molecule has 3 aromatic heterocycles. The van der Waals surface area contributed by atoms with E-state index < -0.39 is 0 Å². The van der Waals surface area contributed by atoms with E-state index in [0.717, 1.165) is 31.7 Å². The highest BCUT2D eigenvalue weighted by molar-refractivity contribution is 5.60. The fourth-order valence-corrected chi connectivity index (χ4v) is 3.53. The maximum Gasteiger partial charge on any atom is 0.188 e. The maximum atomic E-state index is 14.2. The standard InChI is InChI=1S/C18H17FN8/c19-15-4-2-1-3-14(15)18-22-21-16-5-6-17(23-27(16)18)25-10-7-13(8-11-25)26-12-9-20-24-26/h1-6,9,12-13H,7-8,10-11H2. The average molecular weight is 364 g/mol. The van der Waals surface area contributed by atoms with Crippen LogP contribution in [0.1, 0.15) is 18.9 Å². The van der Waals surface area contributed by atoms with Gasteiger partial charge in [0, 0.05) is 19.3 Å². The Labute approximate surface area is 154 Å². The van der Waals surface area contributed by atoms with Gasteiger partial charge in [-0.05, 0) is 37.1 Å². The van der Waals surface area contributed by atoms with Crippen molar-refractivity contribution in [2.45, 2.75) is 18.9 Å². The van der Waals surface area contributed by atoms with Gasteiger partial charge < -0.3 is 4.90 Å². The number of nitrogens with zero attached hydrogens (tertiary/aromatic N) is 8. The molecule has 5 rings (SSSR count). The van der Waals surface area contributed by atoms with Gasteiger partial charge in [-0.25, -0.2) is 9.07 Å². The van der Waals surface area contributed by atoms with Crippen LogP contribution in [0.25, 0.3) is 17.0 Å². The smallest absolute Gasteiger partial charge is 0.188 e. The van der Waals surface area contributed by atoms with Crippen LogP contribution in [0.3, 0.4) is 0 Å².